The van der Waals surface area contributed by atoms with Gasteiger partial charge in [0, 0.05) is 11.9 Å². The number of hydrogen-bond acceptors (Lipinski definition) is 5. The van der Waals surface area contributed by atoms with E-state index in [0.29, 0.717) is 28.9 Å². The minimum absolute atomic E-state index is 0.0697. The number of aromatic nitrogens is 1. The van der Waals surface area contributed by atoms with Gasteiger partial charge in [-0.25, -0.2) is 8.42 Å². The highest BCUT2D eigenvalue weighted by molar-refractivity contribution is 7.91. The molecule has 0 atom stereocenters. The fraction of sp³-hybridized carbons (Fsp3) is 0.407. The first-order valence-corrected chi connectivity index (χ1v) is 14.1. The molecule has 1 aliphatic heterocycles. The Kier molecular flexibility index (Phi) is 8.43. The van der Waals surface area contributed by atoms with Crippen molar-refractivity contribution in [3.63, 3.8) is 0 Å². The topological polar surface area (TPSA) is 101 Å². The van der Waals surface area contributed by atoms with Crippen molar-refractivity contribution in [1.29, 1.82) is 0 Å². The number of fused-ring (bicyclic) bond motifs is 1. The van der Waals surface area contributed by atoms with E-state index in [9.17, 15) is 18.0 Å². The number of piperidine rings is 1. The van der Waals surface area contributed by atoms with Crippen LogP contribution in [0.25, 0.3) is 10.9 Å². The number of para-hydroxylation sites is 1. The van der Waals surface area contributed by atoms with E-state index in [4.69, 9.17) is 0 Å². The van der Waals surface area contributed by atoms with Gasteiger partial charge < -0.3 is 10.2 Å². The van der Waals surface area contributed by atoms with Crippen LogP contribution >= 0.6 is 0 Å². The zero-order chi connectivity index (χ0) is 25.5. The lowest BCUT2D eigenvalue weighted by molar-refractivity contribution is -0.121. The summed E-state index contributed by atoms with van der Waals surface area (Å²) in [4.78, 5) is 28.3. The minimum atomic E-state index is -3.82. The average Bonchev–Trinajstić information content (AvgIpc) is 2.85. The molecule has 0 unspecified atom stereocenters. The number of pyridine rings is 1. The second kappa shape index (κ2) is 11.7. The van der Waals surface area contributed by atoms with Crippen LogP contribution in [0.4, 0.5) is 5.69 Å². The third-order valence-corrected chi connectivity index (χ3v) is 7.96. The zero-order valence-corrected chi connectivity index (χ0v) is 21.5. The largest absolute Gasteiger partial charge is 0.355 e. The Labute approximate surface area is 212 Å². The quantitative estimate of drug-likeness (QED) is 0.408. The maximum absolute atomic E-state index is 13.3. The van der Waals surface area contributed by atoms with Crippen molar-refractivity contribution in [2.75, 3.05) is 31.4 Å². The van der Waals surface area contributed by atoms with E-state index in [1.165, 1.54) is 23.5 Å². The standard InChI is InChI=1S/C27H34N4O4S/c1-30-16-13-21(14-17-30)10-7-15-28-26(32)19-31-25-12-6-5-11-23(25)18-24(27(31)33)29-36(34,35)20-22-8-3-2-4-9-22/h2-6,8-9,11-12,18,21,29H,7,10,13-17,19-20H2,1H3,(H,28,32). The van der Waals surface area contributed by atoms with Gasteiger partial charge in [0.25, 0.3) is 5.56 Å². The Hall–Kier alpha value is -3.17. The molecule has 8 nitrogen and oxygen atoms in total. The highest BCUT2D eigenvalue weighted by Gasteiger charge is 2.19. The van der Waals surface area contributed by atoms with Gasteiger partial charge in [-0.3, -0.25) is 18.9 Å². The highest BCUT2D eigenvalue weighted by Crippen LogP contribution is 2.21. The van der Waals surface area contributed by atoms with Crippen molar-refractivity contribution < 1.29 is 13.2 Å². The van der Waals surface area contributed by atoms with Gasteiger partial charge in [-0.2, -0.15) is 0 Å². The molecular formula is C27H34N4O4S. The number of amides is 1. The Morgan fingerprint density at radius 1 is 1.03 bits per heavy atom. The van der Waals surface area contributed by atoms with Gasteiger partial charge >= 0.3 is 0 Å². The van der Waals surface area contributed by atoms with E-state index in [2.05, 4.69) is 22.0 Å². The first-order chi connectivity index (χ1) is 17.3. The summed E-state index contributed by atoms with van der Waals surface area (Å²) in [7, 11) is -1.68. The lowest BCUT2D eigenvalue weighted by Crippen LogP contribution is -2.35. The molecule has 1 aromatic heterocycles. The molecule has 36 heavy (non-hydrogen) atoms. The number of carbonyl (C=O) groups is 1. The second-order valence-corrected chi connectivity index (χ2v) is 11.3. The number of likely N-dealkylation sites (tertiary alicyclic amines) is 1. The van der Waals surface area contributed by atoms with E-state index in [1.807, 2.05) is 12.1 Å². The summed E-state index contributed by atoms with van der Waals surface area (Å²) in [6, 6.07) is 17.4. The molecule has 0 spiro atoms. The van der Waals surface area contributed by atoms with Crippen molar-refractivity contribution >= 4 is 32.5 Å². The Morgan fingerprint density at radius 3 is 2.47 bits per heavy atom. The van der Waals surface area contributed by atoms with E-state index >= 15 is 0 Å². The molecule has 1 fully saturated rings. The van der Waals surface area contributed by atoms with Gasteiger partial charge in [-0.05, 0) is 69.4 Å². The van der Waals surface area contributed by atoms with Crippen LogP contribution in [0, 0.1) is 5.92 Å². The van der Waals surface area contributed by atoms with E-state index in [-0.39, 0.29) is 23.9 Å². The molecule has 2 aromatic carbocycles. The summed E-state index contributed by atoms with van der Waals surface area (Å²) in [5, 5.41) is 3.59. The summed E-state index contributed by atoms with van der Waals surface area (Å²) < 4.78 is 29.3. The van der Waals surface area contributed by atoms with Crippen LogP contribution in [0.3, 0.4) is 0 Å². The average molecular weight is 511 g/mol. The summed E-state index contributed by atoms with van der Waals surface area (Å²) in [6.07, 6.45) is 4.36. The van der Waals surface area contributed by atoms with Crippen LogP contribution in [0.1, 0.15) is 31.2 Å². The molecular weight excluding hydrogens is 476 g/mol. The normalized spacial score (nSPS) is 15.1. The first kappa shape index (κ1) is 25.9. The highest BCUT2D eigenvalue weighted by atomic mass is 32.2. The van der Waals surface area contributed by atoms with Gasteiger partial charge in [0.15, 0.2) is 0 Å². The first-order valence-electron chi connectivity index (χ1n) is 12.4. The number of benzene rings is 2. The van der Waals surface area contributed by atoms with Crippen molar-refractivity contribution in [2.24, 2.45) is 5.92 Å². The maximum Gasteiger partial charge on any atom is 0.275 e. The van der Waals surface area contributed by atoms with Crippen LogP contribution < -0.4 is 15.6 Å². The number of hydrogen-bond donors (Lipinski definition) is 2. The molecule has 1 aliphatic rings. The van der Waals surface area contributed by atoms with Crippen LogP contribution in [-0.2, 0) is 27.1 Å². The summed E-state index contributed by atoms with van der Waals surface area (Å²) in [6.45, 7) is 2.62. The van der Waals surface area contributed by atoms with Gasteiger partial charge in [0.2, 0.25) is 15.9 Å². The molecule has 192 valence electrons. The molecule has 0 radical (unpaired) electrons. The monoisotopic (exact) mass is 510 g/mol. The van der Waals surface area contributed by atoms with Gasteiger partial charge in [-0.15, -0.1) is 0 Å². The minimum Gasteiger partial charge on any atom is -0.355 e. The lowest BCUT2D eigenvalue weighted by Gasteiger charge is -2.28. The second-order valence-electron chi connectivity index (χ2n) is 9.59. The molecule has 1 amide bonds. The molecule has 2 heterocycles. The van der Waals surface area contributed by atoms with Gasteiger partial charge in [-0.1, -0.05) is 48.5 Å². The number of sulfonamides is 1. The molecule has 1 saturated heterocycles. The summed E-state index contributed by atoms with van der Waals surface area (Å²) >= 11 is 0. The van der Waals surface area contributed by atoms with E-state index in [0.717, 1.165) is 25.9 Å². The van der Waals surface area contributed by atoms with Crippen molar-refractivity contribution in [1.82, 2.24) is 14.8 Å². The fourth-order valence-electron chi connectivity index (χ4n) is 4.72. The third-order valence-electron chi connectivity index (χ3n) is 6.72. The Morgan fingerprint density at radius 2 is 1.72 bits per heavy atom. The third kappa shape index (κ3) is 6.95. The summed E-state index contributed by atoms with van der Waals surface area (Å²) in [5.41, 5.74) is 0.576. The number of carbonyl (C=O) groups excluding carboxylic acids is 1. The molecule has 0 saturated carbocycles. The van der Waals surface area contributed by atoms with E-state index < -0.39 is 15.6 Å². The number of nitrogens with zero attached hydrogens (tertiary/aromatic N) is 2. The molecule has 0 bridgehead atoms. The number of rotatable bonds is 10. The summed E-state index contributed by atoms with van der Waals surface area (Å²) in [5.74, 6) is 0.179. The van der Waals surface area contributed by atoms with Crippen molar-refractivity contribution in [3.8, 4) is 0 Å². The van der Waals surface area contributed by atoms with Crippen LogP contribution in [0.15, 0.2) is 65.5 Å². The maximum atomic E-state index is 13.3. The SMILES string of the molecule is CN1CCC(CCCNC(=O)Cn2c(=O)c(NS(=O)(=O)Cc3ccccc3)cc3ccccc32)CC1. The van der Waals surface area contributed by atoms with Crippen LogP contribution in [0.2, 0.25) is 0 Å². The fourth-order valence-corrected chi connectivity index (χ4v) is 5.91. The van der Waals surface area contributed by atoms with Crippen molar-refractivity contribution in [2.45, 2.75) is 38.0 Å². The molecule has 2 N–H and O–H groups in total. The lowest BCUT2D eigenvalue weighted by atomic mass is 9.92. The van der Waals surface area contributed by atoms with E-state index in [1.54, 1.807) is 42.5 Å². The smallest absolute Gasteiger partial charge is 0.275 e. The van der Waals surface area contributed by atoms with Crippen molar-refractivity contribution in [3.05, 3.63) is 76.6 Å². The zero-order valence-electron chi connectivity index (χ0n) is 20.7. The Balaban J connectivity index is 1.44. The predicted molar refractivity (Wildman–Crippen MR) is 143 cm³/mol. The molecule has 3 aromatic rings. The number of anilines is 1. The predicted octanol–water partition coefficient (Wildman–Crippen LogP) is 3.18. The molecule has 9 heteroatoms. The van der Waals surface area contributed by atoms with Gasteiger partial charge in [0.05, 0.1) is 11.3 Å². The van der Waals surface area contributed by atoms with Crippen LogP contribution in [0.5, 0.6) is 0 Å². The Bertz CT molecular complexity index is 1350. The van der Waals surface area contributed by atoms with Gasteiger partial charge in [0.1, 0.15) is 12.2 Å². The number of nitrogens with one attached hydrogen (secondary N) is 2. The van der Waals surface area contributed by atoms with Crippen LogP contribution in [-0.4, -0.2) is 50.5 Å². The molecule has 4 rings (SSSR count). The molecule has 0 aliphatic carbocycles.